The summed E-state index contributed by atoms with van der Waals surface area (Å²) in [5.74, 6) is -4.91. The van der Waals surface area contributed by atoms with Gasteiger partial charge < -0.3 is 13.3 Å². The minimum atomic E-state index is -6.35. The summed E-state index contributed by atoms with van der Waals surface area (Å²) in [4.78, 5) is 32.2. The third kappa shape index (κ3) is 3.88. The molecule has 0 aromatic heterocycles. The Morgan fingerprint density at radius 1 is 0.750 bits per heavy atom. The minimum absolute atomic E-state index is 0.487. The van der Waals surface area contributed by atoms with Crippen molar-refractivity contribution in [2.75, 3.05) is 0 Å². The van der Waals surface area contributed by atoms with Crippen molar-refractivity contribution in [3.8, 4) is 0 Å². The first kappa shape index (κ1) is 18.3. The lowest BCUT2D eigenvalue weighted by molar-refractivity contribution is -0.266. The molecule has 0 spiro atoms. The van der Waals surface area contributed by atoms with Crippen LogP contribution in [0.4, 0.5) is 22.0 Å². The molecule has 0 N–H and O–H groups in total. The van der Waals surface area contributed by atoms with Gasteiger partial charge in [-0.2, -0.15) is 22.0 Å². The van der Waals surface area contributed by atoms with E-state index < -0.39 is 38.4 Å². The monoisotopic (exact) mass is 324 g/mol. The molecular formula is C8H9F5O6Si. The van der Waals surface area contributed by atoms with Crippen LogP contribution in [0.3, 0.4) is 0 Å². The highest BCUT2D eigenvalue weighted by molar-refractivity contribution is 6.68. The van der Waals surface area contributed by atoms with E-state index in [1.165, 1.54) is 0 Å². The van der Waals surface area contributed by atoms with E-state index in [2.05, 4.69) is 13.3 Å². The number of alkyl halides is 5. The van der Waals surface area contributed by atoms with E-state index in [0.29, 0.717) is 20.8 Å². The van der Waals surface area contributed by atoms with Gasteiger partial charge in [-0.05, 0) is 0 Å². The quantitative estimate of drug-likeness (QED) is 0.574. The molecule has 0 aliphatic carbocycles. The second-order valence-electron chi connectivity index (χ2n) is 3.41. The topological polar surface area (TPSA) is 78.9 Å². The van der Waals surface area contributed by atoms with Gasteiger partial charge >= 0.3 is 20.5 Å². The fourth-order valence-corrected chi connectivity index (χ4v) is 2.99. The maximum atomic E-state index is 13.4. The summed E-state index contributed by atoms with van der Waals surface area (Å²) < 4.78 is 75.4. The Morgan fingerprint density at radius 2 is 1.00 bits per heavy atom. The van der Waals surface area contributed by atoms with E-state index in [9.17, 15) is 36.3 Å². The zero-order chi connectivity index (χ0) is 16.4. The van der Waals surface area contributed by atoms with Crippen molar-refractivity contribution in [3.63, 3.8) is 0 Å². The third-order valence-electron chi connectivity index (χ3n) is 1.57. The van der Waals surface area contributed by atoms with Gasteiger partial charge in [0.05, 0.1) is 0 Å². The van der Waals surface area contributed by atoms with Crippen LogP contribution in [-0.4, -0.2) is 38.4 Å². The minimum Gasteiger partial charge on any atom is -0.452 e. The molecule has 20 heavy (non-hydrogen) atoms. The van der Waals surface area contributed by atoms with Crippen molar-refractivity contribution in [3.05, 3.63) is 0 Å². The Kier molecular flexibility index (Phi) is 5.23. The van der Waals surface area contributed by atoms with Crippen molar-refractivity contribution >= 4 is 26.7 Å². The van der Waals surface area contributed by atoms with Crippen LogP contribution in [0, 0.1) is 0 Å². The van der Waals surface area contributed by atoms with E-state index in [-0.39, 0.29) is 0 Å². The van der Waals surface area contributed by atoms with Gasteiger partial charge in [-0.25, -0.2) is 0 Å². The van der Waals surface area contributed by atoms with Crippen LogP contribution in [0.2, 0.25) is 0 Å². The summed E-state index contributed by atoms with van der Waals surface area (Å²) in [6.45, 7) is 1.46. The van der Waals surface area contributed by atoms with Crippen molar-refractivity contribution in [1.82, 2.24) is 0 Å². The van der Waals surface area contributed by atoms with Gasteiger partial charge in [0.15, 0.2) is 0 Å². The van der Waals surface area contributed by atoms with Crippen LogP contribution >= 0.6 is 0 Å². The number of carbonyl (C=O) groups excluding carboxylic acids is 3. The fraction of sp³-hybridized carbons (Fsp3) is 0.625. The lowest BCUT2D eigenvalue weighted by Gasteiger charge is -2.32. The number of hydrogen-bond donors (Lipinski definition) is 0. The first-order valence-electron chi connectivity index (χ1n) is 4.78. The van der Waals surface area contributed by atoms with Gasteiger partial charge in [-0.1, -0.05) is 0 Å². The lowest BCUT2D eigenvalue weighted by atomic mass is 10.7. The predicted octanol–water partition coefficient (Wildman–Crippen LogP) is 1.35. The van der Waals surface area contributed by atoms with Crippen LogP contribution in [0.25, 0.3) is 0 Å². The van der Waals surface area contributed by atoms with Gasteiger partial charge in [-0.3, -0.25) is 14.4 Å². The molecule has 116 valence electrons. The Morgan fingerprint density at radius 3 is 1.15 bits per heavy atom. The lowest BCUT2D eigenvalue weighted by Crippen LogP contribution is -2.68. The second-order valence-corrected chi connectivity index (χ2v) is 5.76. The highest BCUT2D eigenvalue weighted by atomic mass is 28.4. The number of halogens is 5. The van der Waals surface area contributed by atoms with Crippen LogP contribution in [0.15, 0.2) is 0 Å². The van der Waals surface area contributed by atoms with Gasteiger partial charge in [-0.15, -0.1) is 0 Å². The molecule has 0 radical (unpaired) electrons. The summed E-state index contributed by atoms with van der Waals surface area (Å²) in [6, 6.07) is 0. The van der Waals surface area contributed by atoms with Gasteiger partial charge in [0.2, 0.25) is 0 Å². The molecule has 0 bridgehead atoms. The zero-order valence-corrected chi connectivity index (χ0v) is 11.3. The van der Waals surface area contributed by atoms with Crippen molar-refractivity contribution in [2.45, 2.75) is 32.5 Å². The molecule has 0 aliphatic rings. The molecule has 12 heteroatoms. The Balaban J connectivity index is 6.01. The summed E-state index contributed by atoms with van der Waals surface area (Å²) in [5.41, 5.74) is -5.84. The summed E-state index contributed by atoms with van der Waals surface area (Å²) >= 11 is 0. The molecule has 0 aromatic carbocycles. The smallest absolute Gasteiger partial charge is 0.452 e. The highest BCUT2D eigenvalue weighted by Crippen LogP contribution is 2.44. The first-order valence-corrected chi connectivity index (χ1v) is 6.51. The summed E-state index contributed by atoms with van der Waals surface area (Å²) in [7, 11) is -6.35. The Hall–Kier alpha value is -1.72. The molecule has 0 saturated heterocycles. The van der Waals surface area contributed by atoms with Crippen LogP contribution in [-0.2, 0) is 27.7 Å². The number of hydrogen-bond acceptors (Lipinski definition) is 6. The van der Waals surface area contributed by atoms with Gasteiger partial charge in [0.1, 0.15) is 0 Å². The second kappa shape index (κ2) is 5.72. The van der Waals surface area contributed by atoms with E-state index in [4.69, 9.17) is 0 Å². The SMILES string of the molecule is CC(=O)O[Si](OC(C)=O)(OC(C)=O)C(F)(F)C(F)(F)F. The predicted molar refractivity (Wildman–Crippen MR) is 52.1 cm³/mol. The van der Waals surface area contributed by atoms with Crippen molar-refractivity contribution in [1.29, 1.82) is 0 Å². The molecule has 6 nitrogen and oxygen atoms in total. The molecule has 0 fully saturated rings. The van der Waals surface area contributed by atoms with E-state index in [1.807, 2.05) is 0 Å². The van der Waals surface area contributed by atoms with Crippen LogP contribution in [0.1, 0.15) is 20.8 Å². The molecule has 0 aliphatic heterocycles. The normalized spacial score (nSPS) is 12.6. The average molecular weight is 324 g/mol. The van der Waals surface area contributed by atoms with Crippen molar-refractivity contribution in [2.24, 2.45) is 0 Å². The number of carbonyl (C=O) groups is 3. The standard InChI is InChI=1S/C8H9F5O6Si/c1-4(14)17-20(18-5(2)15,19-6(3)16)8(12,13)7(9,10)11/h1-3H3. The molecule has 0 heterocycles. The van der Waals surface area contributed by atoms with E-state index in [0.717, 1.165) is 0 Å². The molecule has 0 saturated carbocycles. The summed E-state index contributed by atoms with van der Waals surface area (Å²) in [5, 5.41) is 0. The van der Waals surface area contributed by atoms with Crippen LogP contribution in [0.5, 0.6) is 0 Å². The van der Waals surface area contributed by atoms with Crippen molar-refractivity contribution < 1.29 is 49.6 Å². The first-order chi connectivity index (χ1) is 8.75. The van der Waals surface area contributed by atoms with E-state index in [1.54, 1.807) is 0 Å². The molecular weight excluding hydrogens is 315 g/mol. The Bertz CT molecular complexity index is 379. The zero-order valence-electron chi connectivity index (χ0n) is 10.3. The Labute approximate surface area is 110 Å². The summed E-state index contributed by atoms with van der Waals surface area (Å²) in [6.07, 6.45) is -6.26. The van der Waals surface area contributed by atoms with Gasteiger partial charge in [0, 0.05) is 20.8 Å². The maximum absolute atomic E-state index is 13.4. The average Bonchev–Trinajstić information content (AvgIpc) is 2.11. The third-order valence-corrected chi connectivity index (χ3v) is 4.30. The molecule has 0 rings (SSSR count). The largest absolute Gasteiger partial charge is 0.790 e. The maximum Gasteiger partial charge on any atom is 0.790 e. The number of rotatable bonds is 4. The molecule has 0 amide bonds. The molecule has 0 aromatic rings. The molecule has 0 atom stereocenters. The molecule has 0 unspecified atom stereocenters. The van der Waals surface area contributed by atoms with Crippen LogP contribution < -0.4 is 0 Å². The van der Waals surface area contributed by atoms with E-state index >= 15 is 0 Å². The van der Waals surface area contributed by atoms with Gasteiger partial charge in [0.25, 0.3) is 17.9 Å². The fourth-order valence-electron chi connectivity index (χ4n) is 0.996. The highest BCUT2D eigenvalue weighted by Gasteiger charge is 2.85.